The lowest BCUT2D eigenvalue weighted by molar-refractivity contribution is -0.132. The average molecular weight is 296 g/mol. The molecule has 0 amide bonds. The monoisotopic (exact) mass is 296 g/mol. The molecule has 2 aromatic rings. The standard InChI is InChI=1S/C21H28O/c1-6-10-17-13-15-19(16-14-17)21(4,5)22-20(2,3)18-11-8-7-9-12-18/h7-9,11-16H,6,10H2,1-5H3. The van der Waals surface area contributed by atoms with Gasteiger partial charge in [0.1, 0.15) is 0 Å². The van der Waals surface area contributed by atoms with Gasteiger partial charge in [-0.15, -0.1) is 0 Å². The highest BCUT2D eigenvalue weighted by Gasteiger charge is 2.31. The molecule has 0 aliphatic rings. The summed E-state index contributed by atoms with van der Waals surface area (Å²) in [6.45, 7) is 10.8. The third-order valence-corrected chi connectivity index (χ3v) is 4.17. The lowest BCUT2D eigenvalue weighted by atomic mass is 9.92. The molecule has 1 nitrogen and oxygen atoms in total. The summed E-state index contributed by atoms with van der Waals surface area (Å²) in [6.07, 6.45) is 2.32. The van der Waals surface area contributed by atoms with E-state index < -0.39 is 0 Å². The van der Waals surface area contributed by atoms with E-state index in [4.69, 9.17) is 4.74 Å². The fourth-order valence-electron chi connectivity index (χ4n) is 2.96. The summed E-state index contributed by atoms with van der Waals surface area (Å²) in [7, 11) is 0. The molecule has 0 heterocycles. The molecule has 0 saturated heterocycles. The van der Waals surface area contributed by atoms with Crippen molar-refractivity contribution in [2.75, 3.05) is 0 Å². The van der Waals surface area contributed by atoms with Gasteiger partial charge >= 0.3 is 0 Å². The molecular formula is C21H28O. The molecule has 0 aliphatic carbocycles. The molecule has 1 heteroatoms. The van der Waals surface area contributed by atoms with E-state index in [9.17, 15) is 0 Å². The van der Waals surface area contributed by atoms with Crippen LogP contribution in [0.5, 0.6) is 0 Å². The number of hydrogen-bond donors (Lipinski definition) is 0. The van der Waals surface area contributed by atoms with Gasteiger partial charge < -0.3 is 4.74 Å². The van der Waals surface area contributed by atoms with Crippen LogP contribution in [0.3, 0.4) is 0 Å². The largest absolute Gasteiger partial charge is 0.360 e. The van der Waals surface area contributed by atoms with Crippen molar-refractivity contribution >= 4 is 0 Å². The first-order valence-corrected chi connectivity index (χ1v) is 8.20. The molecule has 2 aromatic carbocycles. The van der Waals surface area contributed by atoms with E-state index in [1.807, 2.05) is 6.07 Å². The van der Waals surface area contributed by atoms with Crippen LogP contribution in [0.2, 0.25) is 0 Å². The van der Waals surface area contributed by atoms with Gasteiger partial charge in [0, 0.05) is 0 Å². The Bertz CT molecular complexity index is 579. The van der Waals surface area contributed by atoms with Gasteiger partial charge in [-0.2, -0.15) is 0 Å². The second kappa shape index (κ2) is 6.66. The molecule has 0 N–H and O–H groups in total. The van der Waals surface area contributed by atoms with Gasteiger partial charge in [-0.25, -0.2) is 0 Å². The van der Waals surface area contributed by atoms with Crippen molar-refractivity contribution < 1.29 is 4.74 Å². The van der Waals surface area contributed by atoms with Gasteiger partial charge in [0.2, 0.25) is 0 Å². The Morgan fingerprint density at radius 2 is 1.23 bits per heavy atom. The Balaban J connectivity index is 2.19. The second-order valence-corrected chi connectivity index (χ2v) is 6.94. The van der Waals surface area contributed by atoms with Crippen LogP contribution in [-0.4, -0.2) is 0 Å². The number of aryl methyl sites for hydroxylation is 1. The zero-order valence-electron chi connectivity index (χ0n) is 14.5. The Morgan fingerprint density at radius 3 is 1.73 bits per heavy atom. The highest BCUT2D eigenvalue weighted by Crippen LogP contribution is 2.35. The minimum Gasteiger partial charge on any atom is -0.360 e. The van der Waals surface area contributed by atoms with Gasteiger partial charge in [0.15, 0.2) is 0 Å². The van der Waals surface area contributed by atoms with E-state index in [0.29, 0.717) is 0 Å². The lowest BCUT2D eigenvalue weighted by Gasteiger charge is -2.37. The Kier molecular flexibility index (Phi) is 5.08. The number of rotatable bonds is 6. The zero-order chi connectivity index (χ0) is 16.2. The minimum atomic E-state index is -0.329. The molecule has 118 valence electrons. The maximum atomic E-state index is 6.50. The van der Waals surface area contributed by atoms with Gasteiger partial charge in [0.05, 0.1) is 11.2 Å². The Labute approximate surface area is 135 Å². The second-order valence-electron chi connectivity index (χ2n) is 6.94. The van der Waals surface area contributed by atoms with Crippen LogP contribution in [0.15, 0.2) is 54.6 Å². The summed E-state index contributed by atoms with van der Waals surface area (Å²) in [5.41, 5.74) is 3.16. The highest BCUT2D eigenvalue weighted by molar-refractivity contribution is 5.28. The van der Waals surface area contributed by atoms with Crippen LogP contribution >= 0.6 is 0 Å². The Morgan fingerprint density at radius 1 is 0.727 bits per heavy atom. The molecule has 0 aromatic heterocycles. The third kappa shape index (κ3) is 3.98. The van der Waals surface area contributed by atoms with E-state index in [0.717, 1.165) is 6.42 Å². The molecule has 0 atom stereocenters. The summed E-state index contributed by atoms with van der Waals surface area (Å²) in [5, 5.41) is 0. The van der Waals surface area contributed by atoms with Gasteiger partial charge in [-0.05, 0) is 50.8 Å². The summed E-state index contributed by atoms with van der Waals surface area (Å²) >= 11 is 0. The molecular weight excluding hydrogens is 268 g/mol. The van der Waals surface area contributed by atoms with E-state index in [1.54, 1.807) is 0 Å². The van der Waals surface area contributed by atoms with Crippen LogP contribution in [0.25, 0.3) is 0 Å². The summed E-state index contributed by atoms with van der Waals surface area (Å²) < 4.78 is 6.50. The van der Waals surface area contributed by atoms with Crippen molar-refractivity contribution in [3.8, 4) is 0 Å². The molecule has 22 heavy (non-hydrogen) atoms. The number of ether oxygens (including phenoxy) is 1. The lowest BCUT2D eigenvalue weighted by Crippen LogP contribution is -2.33. The normalized spacial score (nSPS) is 12.4. The van der Waals surface area contributed by atoms with Gasteiger partial charge in [-0.1, -0.05) is 67.9 Å². The summed E-state index contributed by atoms with van der Waals surface area (Å²) in [4.78, 5) is 0. The molecule has 0 saturated carbocycles. The van der Waals surface area contributed by atoms with Crippen molar-refractivity contribution in [2.45, 2.75) is 58.7 Å². The van der Waals surface area contributed by atoms with Crippen LogP contribution < -0.4 is 0 Å². The predicted octanol–water partition coefficient (Wildman–Crippen LogP) is 5.83. The first kappa shape index (κ1) is 16.8. The molecule has 0 unspecified atom stereocenters. The van der Waals surface area contributed by atoms with Gasteiger partial charge in [0.25, 0.3) is 0 Å². The molecule has 0 spiro atoms. The van der Waals surface area contributed by atoms with Gasteiger partial charge in [-0.3, -0.25) is 0 Å². The van der Waals surface area contributed by atoms with Crippen molar-refractivity contribution in [3.05, 3.63) is 71.3 Å². The topological polar surface area (TPSA) is 9.23 Å². The average Bonchev–Trinajstić information content (AvgIpc) is 2.48. The van der Waals surface area contributed by atoms with Crippen LogP contribution in [0.4, 0.5) is 0 Å². The third-order valence-electron chi connectivity index (χ3n) is 4.17. The maximum Gasteiger partial charge on any atom is 0.0887 e. The first-order chi connectivity index (χ1) is 10.3. The van der Waals surface area contributed by atoms with Crippen molar-refractivity contribution in [3.63, 3.8) is 0 Å². The first-order valence-electron chi connectivity index (χ1n) is 8.20. The van der Waals surface area contributed by atoms with Crippen molar-refractivity contribution in [1.29, 1.82) is 0 Å². The minimum absolute atomic E-state index is 0.327. The van der Waals surface area contributed by atoms with E-state index in [2.05, 4.69) is 83.1 Å². The smallest absolute Gasteiger partial charge is 0.0887 e. The Hall–Kier alpha value is -1.60. The molecule has 2 rings (SSSR count). The van der Waals surface area contributed by atoms with E-state index in [1.165, 1.54) is 23.1 Å². The summed E-state index contributed by atoms with van der Waals surface area (Å²) in [6, 6.07) is 19.3. The zero-order valence-corrected chi connectivity index (χ0v) is 14.5. The highest BCUT2D eigenvalue weighted by atomic mass is 16.5. The number of hydrogen-bond acceptors (Lipinski definition) is 1. The maximum absolute atomic E-state index is 6.50. The molecule has 0 fully saturated rings. The number of benzene rings is 2. The van der Waals surface area contributed by atoms with Crippen LogP contribution in [-0.2, 0) is 22.4 Å². The quantitative estimate of drug-likeness (QED) is 0.652. The molecule has 0 radical (unpaired) electrons. The van der Waals surface area contributed by atoms with Crippen LogP contribution in [0, 0.1) is 0 Å². The predicted molar refractivity (Wildman–Crippen MR) is 94.0 cm³/mol. The SMILES string of the molecule is CCCc1ccc(C(C)(C)OC(C)(C)c2ccccc2)cc1. The van der Waals surface area contributed by atoms with Crippen molar-refractivity contribution in [2.24, 2.45) is 0 Å². The van der Waals surface area contributed by atoms with E-state index in [-0.39, 0.29) is 11.2 Å². The molecule has 0 aliphatic heterocycles. The van der Waals surface area contributed by atoms with E-state index >= 15 is 0 Å². The van der Waals surface area contributed by atoms with Crippen molar-refractivity contribution in [1.82, 2.24) is 0 Å². The van der Waals surface area contributed by atoms with Crippen LogP contribution in [0.1, 0.15) is 57.7 Å². The fourth-order valence-corrected chi connectivity index (χ4v) is 2.96. The summed E-state index contributed by atoms with van der Waals surface area (Å²) in [5.74, 6) is 0. The fraction of sp³-hybridized carbons (Fsp3) is 0.429. The molecule has 0 bridgehead atoms.